The van der Waals surface area contributed by atoms with Crippen LogP contribution in [0.25, 0.3) is 11.3 Å². The number of hydrogen-bond acceptors (Lipinski definition) is 2. The predicted octanol–water partition coefficient (Wildman–Crippen LogP) is 1.83. The highest BCUT2D eigenvalue weighted by molar-refractivity contribution is 5.91. The first-order chi connectivity index (χ1) is 8.20. The van der Waals surface area contributed by atoms with E-state index < -0.39 is 5.91 Å². The van der Waals surface area contributed by atoms with Crippen molar-refractivity contribution in [2.45, 2.75) is 0 Å². The van der Waals surface area contributed by atoms with E-state index in [4.69, 9.17) is 12.2 Å². The molecule has 0 saturated carbocycles. The molecule has 0 aliphatic heterocycles. The first-order valence-corrected chi connectivity index (χ1v) is 5.04. The quantitative estimate of drug-likeness (QED) is 0.788. The first kappa shape index (κ1) is 10.9. The lowest BCUT2D eigenvalue weighted by molar-refractivity contribution is 0.0995. The number of rotatable bonds is 2. The number of terminal acetylenes is 1. The fourth-order valence-corrected chi connectivity index (χ4v) is 1.50. The zero-order valence-electron chi connectivity index (χ0n) is 9.05. The van der Waals surface area contributed by atoms with Crippen LogP contribution < -0.4 is 5.73 Å². The van der Waals surface area contributed by atoms with E-state index in [1.807, 2.05) is 30.3 Å². The highest BCUT2D eigenvalue weighted by atomic mass is 16.1. The normalized spacial score (nSPS) is 9.59. The minimum Gasteiger partial charge on any atom is -0.364 e. The average Bonchev–Trinajstić information content (AvgIpc) is 2.39. The van der Waals surface area contributed by atoms with Crippen molar-refractivity contribution in [1.82, 2.24) is 4.98 Å². The molecule has 3 heteroatoms. The molecule has 1 aromatic heterocycles. The van der Waals surface area contributed by atoms with Crippen LogP contribution in [0.15, 0.2) is 42.5 Å². The number of aromatic nitrogens is 1. The van der Waals surface area contributed by atoms with Crippen LogP contribution in [0.5, 0.6) is 0 Å². The van der Waals surface area contributed by atoms with E-state index in [0.29, 0.717) is 5.69 Å². The highest BCUT2D eigenvalue weighted by Gasteiger charge is 2.05. The largest absolute Gasteiger partial charge is 0.364 e. The molecule has 0 atom stereocenters. The Hall–Kier alpha value is -2.60. The second-order valence-electron chi connectivity index (χ2n) is 3.50. The fraction of sp³-hybridized carbons (Fsp3) is 0. The predicted molar refractivity (Wildman–Crippen MR) is 66.1 cm³/mol. The maximum atomic E-state index is 11.0. The third-order valence-electron chi connectivity index (χ3n) is 2.33. The van der Waals surface area contributed by atoms with Gasteiger partial charge < -0.3 is 5.73 Å². The number of primary amides is 1. The minimum atomic E-state index is -0.542. The second-order valence-corrected chi connectivity index (χ2v) is 3.50. The van der Waals surface area contributed by atoms with E-state index in [9.17, 15) is 4.79 Å². The monoisotopic (exact) mass is 222 g/mol. The smallest absolute Gasteiger partial charge is 0.267 e. The number of nitrogens with zero attached hydrogens (tertiary/aromatic N) is 1. The summed E-state index contributed by atoms with van der Waals surface area (Å²) in [4.78, 5) is 15.2. The summed E-state index contributed by atoms with van der Waals surface area (Å²) in [7, 11) is 0. The highest BCUT2D eigenvalue weighted by Crippen LogP contribution is 2.18. The lowest BCUT2D eigenvalue weighted by Crippen LogP contribution is -2.12. The minimum absolute atomic E-state index is 0.244. The lowest BCUT2D eigenvalue weighted by Gasteiger charge is -2.03. The van der Waals surface area contributed by atoms with Gasteiger partial charge in [0.1, 0.15) is 5.69 Å². The van der Waals surface area contributed by atoms with Crippen LogP contribution in [0, 0.1) is 12.3 Å². The van der Waals surface area contributed by atoms with Crippen molar-refractivity contribution in [3.05, 3.63) is 53.7 Å². The molecule has 0 saturated heterocycles. The molecule has 1 aromatic carbocycles. The second kappa shape index (κ2) is 4.50. The van der Waals surface area contributed by atoms with Gasteiger partial charge in [-0.25, -0.2) is 4.98 Å². The van der Waals surface area contributed by atoms with Gasteiger partial charge in [-0.1, -0.05) is 24.1 Å². The summed E-state index contributed by atoms with van der Waals surface area (Å²) in [5.74, 6) is 2.01. The van der Waals surface area contributed by atoms with Crippen molar-refractivity contribution >= 4 is 5.91 Å². The molecule has 2 aromatic rings. The summed E-state index contributed by atoms with van der Waals surface area (Å²) < 4.78 is 0. The standard InChI is InChI=1S/C14H10N2O/c1-2-10-5-3-6-11(9-10)12-7-4-8-13(16-12)14(15)17/h1,3-9H,(H2,15,17). The van der Waals surface area contributed by atoms with Crippen LogP contribution in [0.2, 0.25) is 0 Å². The van der Waals surface area contributed by atoms with E-state index in [2.05, 4.69) is 10.9 Å². The molecule has 0 fully saturated rings. The molecule has 0 bridgehead atoms. The lowest BCUT2D eigenvalue weighted by atomic mass is 10.1. The molecule has 82 valence electrons. The molecule has 0 aliphatic carbocycles. The van der Waals surface area contributed by atoms with E-state index in [0.717, 1.165) is 11.1 Å². The van der Waals surface area contributed by atoms with Gasteiger partial charge in [0.05, 0.1) is 5.69 Å². The van der Waals surface area contributed by atoms with Crippen molar-refractivity contribution in [3.8, 4) is 23.6 Å². The number of nitrogens with two attached hydrogens (primary N) is 1. The molecular weight excluding hydrogens is 212 g/mol. The number of carbonyl (C=O) groups is 1. The summed E-state index contributed by atoms with van der Waals surface area (Å²) in [5.41, 5.74) is 7.74. The Morgan fingerprint density at radius 1 is 1.24 bits per heavy atom. The van der Waals surface area contributed by atoms with Gasteiger partial charge in [0.25, 0.3) is 5.91 Å². The Morgan fingerprint density at radius 2 is 2.00 bits per heavy atom. The maximum Gasteiger partial charge on any atom is 0.267 e. The fourth-order valence-electron chi connectivity index (χ4n) is 1.50. The topological polar surface area (TPSA) is 56.0 Å². The molecule has 1 heterocycles. The van der Waals surface area contributed by atoms with Gasteiger partial charge in [0.2, 0.25) is 0 Å². The van der Waals surface area contributed by atoms with Crippen molar-refractivity contribution in [3.63, 3.8) is 0 Å². The molecule has 1 amide bonds. The van der Waals surface area contributed by atoms with Gasteiger partial charge >= 0.3 is 0 Å². The van der Waals surface area contributed by atoms with Crippen molar-refractivity contribution in [1.29, 1.82) is 0 Å². The molecule has 2 N–H and O–H groups in total. The van der Waals surface area contributed by atoms with Crippen molar-refractivity contribution < 1.29 is 4.79 Å². The molecule has 17 heavy (non-hydrogen) atoms. The van der Waals surface area contributed by atoms with E-state index in [-0.39, 0.29) is 5.69 Å². The summed E-state index contributed by atoms with van der Waals surface area (Å²) in [5, 5.41) is 0. The Bertz CT molecular complexity index is 612. The van der Waals surface area contributed by atoms with Crippen molar-refractivity contribution in [2.75, 3.05) is 0 Å². The first-order valence-electron chi connectivity index (χ1n) is 5.04. The third-order valence-corrected chi connectivity index (χ3v) is 2.33. The number of benzene rings is 1. The van der Waals surface area contributed by atoms with E-state index in [1.54, 1.807) is 12.1 Å². The summed E-state index contributed by atoms with van der Waals surface area (Å²) in [6, 6.07) is 12.5. The average molecular weight is 222 g/mol. The van der Waals surface area contributed by atoms with Crippen LogP contribution >= 0.6 is 0 Å². The Balaban J connectivity index is 2.49. The van der Waals surface area contributed by atoms with Crippen LogP contribution in [-0.2, 0) is 0 Å². The Kier molecular flexibility index (Phi) is 2.89. The van der Waals surface area contributed by atoms with Gasteiger partial charge in [0, 0.05) is 11.1 Å². The number of carbonyl (C=O) groups excluding carboxylic acids is 1. The van der Waals surface area contributed by atoms with Gasteiger partial charge in [-0.3, -0.25) is 4.79 Å². The number of hydrogen-bond donors (Lipinski definition) is 1. The summed E-state index contributed by atoms with van der Waals surface area (Å²) >= 11 is 0. The van der Waals surface area contributed by atoms with E-state index >= 15 is 0 Å². The molecule has 0 aliphatic rings. The van der Waals surface area contributed by atoms with Gasteiger partial charge in [0.15, 0.2) is 0 Å². The van der Waals surface area contributed by atoms with Crippen LogP contribution in [0.1, 0.15) is 16.1 Å². The van der Waals surface area contributed by atoms with Gasteiger partial charge in [-0.2, -0.15) is 0 Å². The van der Waals surface area contributed by atoms with Crippen molar-refractivity contribution in [2.24, 2.45) is 5.73 Å². The Labute approximate surface area is 99.3 Å². The molecular formula is C14H10N2O. The van der Waals surface area contributed by atoms with Gasteiger partial charge in [-0.05, 0) is 24.3 Å². The molecule has 0 unspecified atom stereocenters. The summed E-state index contributed by atoms with van der Waals surface area (Å²) in [6.07, 6.45) is 5.33. The molecule has 2 rings (SSSR count). The summed E-state index contributed by atoms with van der Waals surface area (Å²) in [6.45, 7) is 0. The molecule has 0 spiro atoms. The number of amides is 1. The number of pyridine rings is 1. The van der Waals surface area contributed by atoms with E-state index in [1.165, 1.54) is 0 Å². The Morgan fingerprint density at radius 3 is 2.71 bits per heavy atom. The third kappa shape index (κ3) is 2.32. The van der Waals surface area contributed by atoms with Gasteiger partial charge in [-0.15, -0.1) is 6.42 Å². The van der Waals surface area contributed by atoms with Crippen LogP contribution in [0.3, 0.4) is 0 Å². The zero-order chi connectivity index (χ0) is 12.3. The molecule has 0 radical (unpaired) electrons. The SMILES string of the molecule is C#Cc1cccc(-c2cccc(C(N)=O)n2)c1. The molecule has 3 nitrogen and oxygen atoms in total. The maximum absolute atomic E-state index is 11.0. The van der Waals surface area contributed by atoms with Crippen LogP contribution in [0.4, 0.5) is 0 Å². The van der Waals surface area contributed by atoms with Crippen LogP contribution in [-0.4, -0.2) is 10.9 Å². The zero-order valence-corrected chi connectivity index (χ0v) is 9.05.